The zero-order valence-corrected chi connectivity index (χ0v) is 22.6. The lowest BCUT2D eigenvalue weighted by molar-refractivity contribution is -0.220. The molecule has 39 heavy (non-hydrogen) atoms. The Kier molecular flexibility index (Phi) is 6.58. The highest BCUT2D eigenvalue weighted by molar-refractivity contribution is 6.01. The molecule has 0 amide bonds. The summed E-state index contributed by atoms with van der Waals surface area (Å²) >= 11 is 0. The number of allylic oxidation sites excluding steroid dienone is 6. The van der Waals surface area contributed by atoms with Crippen LogP contribution in [0.25, 0.3) is 0 Å². The number of aliphatic hydroxyl groups is 2. The van der Waals surface area contributed by atoms with Gasteiger partial charge in [-0.1, -0.05) is 37.6 Å². The highest BCUT2D eigenvalue weighted by atomic mass is 19.1. The van der Waals surface area contributed by atoms with Gasteiger partial charge in [-0.05, 0) is 69.4 Å². The van der Waals surface area contributed by atoms with E-state index in [4.69, 9.17) is 4.74 Å². The number of halogens is 1. The number of alkyl halides is 1. The molecule has 5 rings (SSSR count). The van der Waals surface area contributed by atoms with E-state index in [0.717, 1.165) is 0 Å². The monoisotopic (exact) mass is 544 g/mol. The van der Waals surface area contributed by atoms with Crippen molar-refractivity contribution in [3.63, 3.8) is 0 Å². The van der Waals surface area contributed by atoms with E-state index < -0.39 is 82.1 Å². The number of aliphatic hydroxyl groups excluding tert-OH is 1. The van der Waals surface area contributed by atoms with Crippen molar-refractivity contribution >= 4 is 23.5 Å². The maximum absolute atomic E-state index is 17.3. The van der Waals surface area contributed by atoms with Crippen LogP contribution >= 0.6 is 0 Å². The fraction of sp³-hybridized carbons (Fsp3) is 0.667. The summed E-state index contributed by atoms with van der Waals surface area (Å²) in [5.74, 6) is -6.42. The second-order valence-corrected chi connectivity index (χ2v) is 12.7. The van der Waals surface area contributed by atoms with Gasteiger partial charge in [-0.3, -0.25) is 19.2 Å². The Morgan fingerprint density at radius 1 is 1.13 bits per heavy atom. The number of carboxylic acids is 1. The Hall–Kier alpha value is -2.65. The minimum atomic E-state index is -2.08. The van der Waals surface area contributed by atoms with E-state index in [1.807, 2.05) is 0 Å². The van der Waals surface area contributed by atoms with Crippen LogP contribution in [0.15, 0.2) is 36.0 Å². The van der Waals surface area contributed by atoms with Crippen molar-refractivity contribution < 1.29 is 43.6 Å². The lowest BCUT2D eigenvalue weighted by Gasteiger charge is -2.62. The van der Waals surface area contributed by atoms with Gasteiger partial charge in [0.1, 0.15) is 5.60 Å². The van der Waals surface area contributed by atoms with Gasteiger partial charge in [0.2, 0.25) is 5.78 Å². The summed E-state index contributed by atoms with van der Waals surface area (Å²) in [6.45, 7) is 4.41. The van der Waals surface area contributed by atoms with E-state index in [0.29, 0.717) is 24.8 Å². The summed E-state index contributed by atoms with van der Waals surface area (Å²) in [7, 11) is 0. The molecule has 0 aromatic rings. The Morgan fingerprint density at radius 3 is 2.46 bits per heavy atom. The molecule has 3 fully saturated rings. The number of fused-ring (bicyclic) bond motifs is 5. The molecule has 0 aromatic carbocycles. The summed E-state index contributed by atoms with van der Waals surface area (Å²) < 4.78 is 22.6. The Morgan fingerprint density at radius 2 is 1.79 bits per heavy atom. The summed E-state index contributed by atoms with van der Waals surface area (Å²) in [4.78, 5) is 50.0. The van der Waals surface area contributed by atoms with Gasteiger partial charge in [-0.25, -0.2) is 4.39 Å². The Bertz CT molecular complexity index is 1210. The number of aliphatic carboxylic acids is 1. The molecule has 0 saturated heterocycles. The molecule has 10 unspecified atom stereocenters. The standard InChI is InChI=1S/C30H37FO8/c1-16-12-22-21-9-8-17-13-18(32)10-11-27(17,2)29(21,31)23(33)14-28(22,3)30(16,38)24(34)15-39-26(37)20-7-5-4-6-19(20)25(35)36/h4-5,10-11,13,16,19-23,33,38H,6-9,12,14-15H2,1-3H3,(H,35,36). The molecule has 3 saturated carbocycles. The molecule has 10 atom stereocenters. The maximum Gasteiger partial charge on any atom is 0.310 e. The third-order valence-corrected chi connectivity index (χ3v) is 11.0. The smallest absolute Gasteiger partial charge is 0.310 e. The topological polar surface area (TPSA) is 138 Å². The first-order chi connectivity index (χ1) is 18.2. The van der Waals surface area contributed by atoms with Crippen LogP contribution in [0.3, 0.4) is 0 Å². The molecular formula is C30H37FO8. The molecule has 5 aliphatic carbocycles. The molecule has 0 aliphatic heterocycles. The van der Waals surface area contributed by atoms with Crippen molar-refractivity contribution in [1.29, 1.82) is 0 Å². The van der Waals surface area contributed by atoms with Gasteiger partial charge in [-0.15, -0.1) is 0 Å². The van der Waals surface area contributed by atoms with Gasteiger partial charge in [0, 0.05) is 16.7 Å². The number of Topliss-reactive ketones (excluding diaryl/α,β-unsaturated/α-hetero) is 1. The maximum atomic E-state index is 17.3. The van der Waals surface area contributed by atoms with Crippen molar-refractivity contribution in [3.8, 4) is 0 Å². The largest absolute Gasteiger partial charge is 0.481 e. The molecule has 8 nitrogen and oxygen atoms in total. The molecule has 5 aliphatic rings. The van der Waals surface area contributed by atoms with Crippen LogP contribution in [-0.2, 0) is 23.9 Å². The highest BCUT2D eigenvalue weighted by Crippen LogP contribution is 2.70. The second-order valence-electron chi connectivity index (χ2n) is 12.7. The number of hydrogen-bond acceptors (Lipinski definition) is 7. The van der Waals surface area contributed by atoms with E-state index in [2.05, 4.69) is 0 Å². The highest BCUT2D eigenvalue weighted by Gasteiger charge is 2.75. The number of carboxylic acid groups (broad SMARTS) is 1. The second kappa shape index (κ2) is 9.20. The summed E-state index contributed by atoms with van der Waals surface area (Å²) in [5, 5.41) is 32.9. The third-order valence-electron chi connectivity index (χ3n) is 11.0. The van der Waals surface area contributed by atoms with Crippen molar-refractivity contribution in [1.82, 2.24) is 0 Å². The third kappa shape index (κ3) is 3.68. The van der Waals surface area contributed by atoms with Crippen LogP contribution in [0, 0.1) is 40.4 Å². The first-order valence-corrected chi connectivity index (χ1v) is 13.8. The number of ketones is 2. The van der Waals surface area contributed by atoms with Gasteiger partial charge in [0.25, 0.3) is 0 Å². The number of hydrogen-bond donors (Lipinski definition) is 3. The van der Waals surface area contributed by atoms with Crippen LogP contribution < -0.4 is 0 Å². The van der Waals surface area contributed by atoms with E-state index in [1.165, 1.54) is 12.2 Å². The van der Waals surface area contributed by atoms with E-state index in [9.17, 15) is 34.5 Å². The van der Waals surface area contributed by atoms with Crippen molar-refractivity contribution in [2.75, 3.05) is 6.61 Å². The van der Waals surface area contributed by atoms with Crippen LogP contribution in [0.1, 0.15) is 59.3 Å². The number of ether oxygens (including phenoxy) is 1. The lowest BCUT2D eigenvalue weighted by Crippen LogP contribution is -2.69. The fourth-order valence-electron chi connectivity index (χ4n) is 8.84. The number of carbonyl (C=O) groups excluding carboxylic acids is 3. The SMILES string of the molecule is CC1CC2C3CCC4=CC(=O)C=CC4(C)C3(F)C(O)CC2(C)C1(O)C(=O)COC(=O)C1CC=CCC1C(=O)O. The predicted molar refractivity (Wildman–Crippen MR) is 137 cm³/mol. The van der Waals surface area contributed by atoms with Crippen molar-refractivity contribution in [2.45, 2.75) is 76.7 Å². The van der Waals surface area contributed by atoms with Gasteiger partial charge < -0.3 is 20.1 Å². The first-order valence-electron chi connectivity index (χ1n) is 13.8. The van der Waals surface area contributed by atoms with Gasteiger partial charge >= 0.3 is 11.9 Å². The number of rotatable bonds is 5. The molecule has 9 heteroatoms. The molecule has 0 heterocycles. The summed E-state index contributed by atoms with van der Waals surface area (Å²) in [5.41, 5.74) is -5.77. The zero-order valence-electron chi connectivity index (χ0n) is 22.6. The average molecular weight is 545 g/mol. The number of carbonyl (C=O) groups is 4. The normalized spacial score (nSPS) is 46.5. The fourth-order valence-corrected chi connectivity index (χ4v) is 8.84. The predicted octanol–water partition coefficient (Wildman–Crippen LogP) is 3.11. The van der Waals surface area contributed by atoms with Crippen LogP contribution in [0.4, 0.5) is 4.39 Å². The Labute approximate surface area is 227 Å². The van der Waals surface area contributed by atoms with Gasteiger partial charge in [0.15, 0.2) is 18.1 Å². The molecule has 0 aromatic heterocycles. The molecule has 0 radical (unpaired) electrons. The summed E-state index contributed by atoms with van der Waals surface area (Å²) in [6.07, 6.45) is 7.65. The Balaban J connectivity index is 1.40. The van der Waals surface area contributed by atoms with Crippen LogP contribution in [0.2, 0.25) is 0 Å². The minimum absolute atomic E-state index is 0.176. The van der Waals surface area contributed by atoms with Crippen molar-refractivity contribution in [2.24, 2.45) is 40.4 Å². The quantitative estimate of drug-likeness (QED) is 0.355. The van der Waals surface area contributed by atoms with E-state index in [-0.39, 0.29) is 25.0 Å². The van der Waals surface area contributed by atoms with E-state index >= 15 is 4.39 Å². The minimum Gasteiger partial charge on any atom is -0.481 e. The molecule has 0 spiro atoms. The summed E-state index contributed by atoms with van der Waals surface area (Å²) in [6, 6.07) is 0. The lowest BCUT2D eigenvalue weighted by atomic mass is 9.44. The molecule has 0 bridgehead atoms. The number of esters is 1. The molecule has 212 valence electrons. The molecular weight excluding hydrogens is 507 g/mol. The molecule has 3 N–H and O–H groups in total. The van der Waals surface area contributed by atoms with Gasteiger partial charge in [-0.2, -0.15) is 0 Å². The zero-order chi connectivity index (χ0) is 28.5. The average Bonchev–Trinajstić information content (AvgIpc) is 3.09. The van der Waals surface area contributed by atoms with Crippen molar-refractivity contribution in [3.05, 3.63) is 36.0 Å². The van der Waals surface area contributed by atoms with Crippen LogP contribution in [0.5, 0.6) is 0 Å². The first kappa shape index (κ1) is 27.9. The van der Waals surface area contributed by atoms with Crippen LogP contribution in [-0.4, -0.2) is 62.8 Å². The van der Waals surface area contributed by atoms with E-state index in [1.54, 1.807) is 39.0 Å². The van der Waals surface area contributed by atoms with Gasteiger partial charge in [0.05, 0.1) is 17.9 Å².